The predicted molar refractivity (Wildman–Crippen MR) is 133 cm³/mol. The number of carbonyl (C=O) groups excluding carboxylic acids is 1. The Morgan fingerprint density at radius 1 is 1.15 bits per heavy atom. The smallest absolute Gasteiger partial charge is 0.412 e. The lowest BCUT2D eigenvalue weighted by Crippen LogP contribution is -2.46. The molecular weight excluding hydrogens is 438 g/mol. The van der Waals surface area contributed by atoms with Crippen molar-refractivity contribution in [2.45, 2.75) is 13.3 Å². The highest BCUT2D eigenvalue weighted by atomic mass is 32.1. The molecule has 8 heteroatoms. The second kappa shape index (κ2) is 10.8. The first kappa shape index (κ1) is 23.2. The average Bonchev–Trinajstić information content (AvgIpc) is 3.32. The van der Waals surface area contributed by atoms with E-state index in [2.05, 4.69) is 44.8 Å². The number of thiophene rings is 1. The van der Waals surface area contributed by atoms with Gasteiger partial charge >= 0.3 is 6.09 Å². The second-order valence-corrected chi connectivity index (χ2v) is 9.00. The lowest BCUT2D eigenvalue weighted by molar-refractivity contribution is 0.202. The van der Waals surface area contributed by atoms with Crippen LogP contribution < -0.4 is 24.4 Å². The number of hydrogen-bond acceptors (Lipinski definition) is 7. The van der Waals surface area contributed by atoms with Crippen LogP contribution in [0.15, 0.2) is 41.8 Å². The molecule has 1 N–H and O–H groups in total. The molecule has 176 valence electrons. The van der Waals surface area contributed by atoms with Crippen LogP contribution in [0.25, 0.3) is 10.1 Å². The molecule has 0 spiro atoms. The van der Waals surface area contributed by atoms with Crippen LogP contribution in [0.2, 0.25) is 0 Å². The normalized spacial score (nSPS) is 14.3. The van der Waals surface area contributed by atoms with E-state index in [9.17, 15) is 4.79 Å². The van der Waals surface area contributed by atoms with E-state index in [1.807, 2.05) is 6.92 Å². The molecular formula is C25H31N3O4S. The summed E-state index contributed by atoms with van der Waals surface area (Å²) in [6.07, 6.45) is 0.413. The van der Waals surface area contributed by atoms with Crippen molar-refractivity contribution >= 4 is 33.2 Å². The molecule has 0 saturated carbocycles. The van der Waals surface area contributed by atoms with Crippen molar-refractivity contribution in [1.29, 1.82) is 0 Å². The maximum atomic E-state index is 11.5. The summed E-state index contributed by atoms with van der Waals surface area (Å²) < 4.78 is 18.1. The molecule has 7 nitrogen and oxygen atoms in total. The van der Waals surface area contributed by atoms with Gasteiger partial charge in [0.15, 0.2) is 11.5 Å². The van der Waals surface area contributed by atoms with Gasteiger partial charge in [-0.3, -0.25) is 4.90 Å². The number of ether oxygens (including phenoxy) is 3. The van der Waals surface area contributed by atoms with Gasteiger partial charge in [0.1, 0.15) is 5.75 Å². The molecule has 1 aliphatic rings. The zero-order valence-electron chi connectivity index (χ0n) is 19.4. The maximum Gasteiger partial charge on any atom is 0.412 e. The Morgan fingerprint density at radius 3 is 2.73 bits per heavy atom. The lowest BCUT2D eigenvalue weighted by atomic mass is 10.2. The summed E-state index contributed by atoms with van der Waals surface area (Å²) in [6, 6.07) is 12.3. The topological polar surface area (TPSA) is 63.3 Å². The second-order valence-electron chi connectivity index (χ2n) is 8.05. The molecule has 1 fully saturated rings. The zero-order valence-corrected chi connectivity index (χ0v) is 20.2. The number of methoxy groups -OCH3 is 1. The van der Waals surface area contributed by atoms with Gasteiger partial charge in [-0.25, -0.2) is 4.79 Å². The first-order valence-corrected chi connectivity index (χ1v) is 12.1. The minimum absolute atomic E-state index is 0.423. The van der Waals surface area contributed by atoms with Gasteiger partial charge in [0.2, 0.25) is 0 Å². The van der Waals surface area contributed by atoms with Crippen LogP contribution in [0, 0.1) is 6.92 Å². The Hall–Kier alpha value is -2.97. The van der Waals surface area contributed by atoms with Crippen LogP contribution >= 0.6 is 11.3 Å². The Kier molecular flexibility index (Phi) is 7.57. The first-order chi connectivity index (χ1) is 16.1. The summed E-state index contributed by atoms with van der Waals surface area (Å²) in [4.78, 5) is 16.5. The van der Waals surface area contributed by atoms with Crippen LogP contribution in [0.5, 0.6) is 17.2 Å². The zero-order chi connectivity index (χ0) is 23.2. The standard InChI is InChI=1S/C25H31N3O4S/c1-18-16-19(32-25(29)26-2)17-22(30-3)24(18)31-14-5-9-27-10-12-28(13-11-27)21-6-4-7-23-20(21)8-15-33-23/h4,6-8,15-17H,5,9-14H2,1-3H3,(H,26,29). The van der Waals surface area contributed by atoms with E-state index in [1.165, 1.54) is 22.8 Å². The fraction of sp³-hybridized carbons (Fsp3) is 0.400. The van der Waals surface area contributed by atoms with Gasteiger partial charge in [0.05, 0.1) is 13.7 Å². The van der Waals surface area contributed by atoms with Crippen LogP contribution in [-0.4, -0.2) is 64.5 Å². The number of fused-ring (bicyclic) bond motifs is 1. The first-order valence-electron chi connectivity index (χ1n) is 11.2. The largest absolute Gasteiger partial charge is 0.493 e. The van der Waals surface area contributed by atoms with Crippen molar-refractivity contribution in [3.63, 3.8) is 0 Å². The summed E-state index contributed by atoms with van der Waals surface area (Å²) in [5, 5.41) is 5.97. The maximum absolute atomic E-state index is 11.5. The highest BCUT2D eigenvalue weighted by molar-refractivity contribution is 7.17. The molecule has 1 aromatic heterocycles. The van der Waals surface area contributed by atoms with Gasteiger partial charge in [-0.05, 0) is 48.6 Å². The monoisotopic (exact) mass is 469 g/mol. The van der Waals surface area contributed by atoms with Crippen molar-refractivity contribution in [2.75, 3.05) is 58.4 Å². The number of aryl methyl sites for hydroxylation is 1. The van der Waals surface area contributed by atoms with Crippen molar-refractivity contribution in [2.24, 2.45) is 0 Å². The third-order valence-corrected chi connectivity index (χ3v) is 6.78. The molecule has 33 heavy (non-hydrogen) atoms. The third kappa shape index (κ3) is 5.51. The predicted octanol–water partition coefficient (Wildman–Crippen LogP) is 4.53. The number of carbonyl (C=O) groups is 1. The van der Waals surface area contributed by atoms with E-state index in [-0.39, 0.29) is 0 Å². The third-order valence-electron chi connectivity index (χ3n) is 5.90. The van der Waals surface area contributed by atoms with Crippen molar-refractivity contribution < 1.29 is 19.0 Å². The Labute approximate surface area is 198 Å². The van der Waals surface area contributed by atoms with Crippen LogP contribution in [0.1, 0.15) is 12.0 Å². The van der Waals surface area contributed by atoms with Crippen LogP contribution in [0.3, 0.4) is 0 Å². The van der Waals surface area contributed by atoms with E-state index in [0.29, 0.717) is 23.9 Å². The minimum Gasteiger partial charge on any atom is -0.493 e. The van der Waals surface area contributed by atoms with Crippen molar-refractivity contribution in [3.8, 4) is 17.2 Å². The summed E-state index contributed by atoms with van der Waals surface area (Å²) in [5.74, 6) is 1.67. The fourth-order valence-corrected chi connectivity index (χ4v) is 5.00. The number of piperazine rings is 1. The molecule has 1 amide bonds. The molecule has 2 heterocycles. The number of rotatable bonds is 8. The molecule has 1 aliphatic heterocycles. The quantitative estimate of drug-likeness (QED) is 0.489. The van der Waals surface area contributed by atoms with Gasteiger partial charge in [-0.1, -0.05) is 6.07 Å². The number of nitrogens with zero attached hydrogens (tertiary/aromatic N) is 2. The number of benzene rings is 2. The van der Waals surface area contributed by atoms with E-state index < -0.39 is 6.09 Å². The van der Waals surface area contributed by atoms with Gasteiger partial charge < -0.3 is 24.4 Å². The molecule has 3 aromatic rings. The summed E-state index contributed by atoms with van der Waals surface area (Å²) in [5.41, 5.74) is 2.22. The molecule has 0 radical (unpaired) electrons. The molecule has 0 bridgehead atoms. The molecule has 0 unspecified atom stereocenters. The highest BCUT2D eigenvalue weighted by Crippen LogP contribution is 2.35. The molecule has 2 aromatic carbocycles. The Morgan fingerprint density at radius 2 is 1.97 bits per heavy atom. The number of nitrogens with one attached hydrogen (secondary N) is 1. The highest BCUT2D eigenvalue weighted by Gasteiger charge is 2.19. The van der Waals surface area contributed by atoms with Gasteiger partial charge in [-0.15, -0.1) is 11.3 Å². The fourth-order valence-electron chi connectivity index (χ4n) is 4.19. The van der Waals surface area contributed by atoms with E-state index in [4.69, 9.17) is 14.2 Å². The average molecular weight is 470 g/mol. The molecule has 1 saturated heterocycles. The van der Waals surface area contributed by atoms with E-state index in [1.54, 1.807) is 30.6 Å². The molecule has 0 aliphatic carbocycles. The van der Waals surface area contributed by atoms with E-state index >= 15 is 0 Å². The van der Waals surface area contributed by atoms with E-state index in [0.717, 1.165) is 44.7 Å². The Balaban J connectivity index is 1.25. The van der Waals surface area contributed by atoms with Crippen LogP contribution in [-0.2, 0) is 0 Å². The molecule has 4 rings (SSSR count). The summed E-state index contributed by atoms with van der Waals surface area (Å²) >= 11 is 1.80. The minimum atomic E-state index is -0.516. The van der Waals surface area contributed by atoms with Crippen LogP contribution in [0.4, 0.5) is 10.5 Å². The van der Waals surface area contributed by atoms with Gasteiger partial charge in [0, 0.05) is 61.6 Å². The van der Waals surface area contributed by atoms with Crippen molar-refractivity contribution in [1.82, 2.24) is 10.2 Å². The van der Waals surface area contributed by atoms with Gasteiger partial charge in [-0.2, -0.15) is 0 Å². The van der Waals surface area contributed by atoms with Gasteiger partial charge in [0.25, 0.3) is 0 Å². The Bertz CT molecular complexity index is 1090. The SMILES string of the molecule is CNC(=O)Oc1cc(C)c(OCCCN2CCN(c3cccc4sccc34)CC2)c(OC)c1. The summed E-state index contributed by atoms with van der Waals surface area (Å²) in [7, 11) is 3.11. The number of hydrogen-bond donors (Lipinski definition) is 1. The summed E-state index contributed by atoms with van der Waals surface area (Å²) in [6.45, 7) is 7.69. The number of anilines is 1. The lowest BCUT2D eigenvalue weighted by Gasteiger charge is -2.36. The molecule has 0 atom stereocenters. The number of amides is 1. The van der Waals surface area contributed by atoms with Crippen molar-refractivity contribution in [3.05, 3.63) is 47.3 Å².